The quantitative estimate of drug-likeness (QED) is 0.188. The normalized spacial score (nSPS) is 12.6. The summed E-state index contributed by atoms with van der Waals surface area (Å²) >= 11 is 3.03. The molecule has 0 atom stereocenters. The van der Waals surface area contributed by atoms with Crippen LogP contribution in [0.1, 0.15) is 6.92 Å². The fourth-order valence-electron chi connectivity index (χ4n) is 0.823. The van der Waals surface area contributed by atoms with Gasteiger partial charge in [0.1, 0.15) is 29.3 Å². The lowest BCUT2D eigenvalue weighted by Gasteiger charge is -2.13. The van der Waals surface area contributed by atoms with E-state index in [2.05, 4.69) is 6.58 Å². The molecule has 0 heterocycles. The molecule has 0 spiro atoms. The molecule has 0 aromatic rings. The Bertz CT molecular complexity index is 208. The predicted molar refractivity (Wildman–Crippen MR) is 64.3 cm³/mol. The van der Waals surface area contributed by atoms with Crippen molar-refractivity contribution in [3.05, 3.63) is 23.8 Å². The number of rotatable bonds is 6. The highest BCUT2D eigenvalue weighted by molar-refractivity contribution is 14.1. The van der Waals surface area contributed by atoms with E-state index in [0.29, 0.717) is 12.1 Å². The van der Waals surface area contributed by atoms with E-state index in [1.807, 2.05) is 18.3 Å². The molecule has 0 fully saturated rings. The highest BCUT2D eigenvalue weighted by atomic mass is 127. The largest absolute Gasteiger partial charge is 0.298 e. The van der Waals surface area contributed by atoms with Crippen molar-refractivity contribution in [3.8, 4) is 0 Å². The van der Waals surface area contributed by atoms with Crippen molar-refractivity contribution in [1.82, 2.24) is 4.31 Å². The summed E-state index contributed by atoms with van der Waals surface area (Å²) in [5.74, 6) is 0. The average Bonchev–Trinajstić information content (AvgIpc) is 2.06. The number of carbonyl (C=O) groups is 1. The number of aldehydes is 1. The smallest absolute Gasteiger partial charge is 0.150 e. The minimum atomic E-state index is 0.640. The molecule has 0 radical (unpaired) electrons. The molecule has 0 bridgehead atoms. The second kappa shape index (κ2) is 7.54. The topological polar surface area (TPSA) is 29.5 Å². The summed E-state index contributed by atoms with van der Waals surface area (Å²) in [5, 5.41) is 0. The third-order valence-electron chi connectivity index (χ3n) is 1.45. The van der Waals surface area contributed by atoms with Gasteiger partial charge in [-0.1, -0.05) is 12.7 Å². The second-order valence-electron chi connectivity index (χ2n) is 2.48. The molecule has 5 heteroatoms. The van der Waals surface area contributed by atoms with Crippen LogP contribution in [0.3, 0.4) is 0 Å². The first kappa shape index (κ1) is 13.2. The van der Waals surface area contributed by atoms with Crippen LogP contribution < -0.4 is 0 Å². The first-order chi connectivity index (χ1) is 6.15. The van der Waals surface area contributed by atoms with Gasteiger partial charge in [0.15, 0.2) is 0 Å². The molecule has 0 rings (SSSR count). The third-order valence-corrected chi connectivity index (χ3v) is 2.38. The van der Waals surface area contributed by atoms with E-state index in [1.165, 1.54) is 12.2 Å². The maximum absolute atomic E-state index is 10.5. The lowest BCUT2D eigenvalue weighted by Crippen LogP contribution is -2.12. The minimum Gasteiger partial charge on any atom is -0.298 e. The zero-order chi connectivity index (χ0) is 10.3. The maximum Gasteiger partial charge on any atom is 0.150 e. The SMILES string of the molecule is C=C/C(C=O)=C(\C)CN(C)SOI. The Balaban J connectivity index is 4.24. The predicted octanol–water partition coefficient (Wildman–Crippen LogP) is 2.55. The summed E-state index contributed by atoms with van der Waals surface area (Å²) in [5.41, 5.74) is 1.62. The summed E-state index contributed by atoms with van der Waals surface area (Å²) in [6, 6.07) is 0. The second-order valence-corrected chi connectivity index (χ2v) is 4.46. The van der Waals surface area contributed by atoms with Crippen molar-refractivity contribution < 1.29 is 7.31 Å². The Morgan fingerprint density at radius 2 is 2.38 bits per heavy atom. The summed E-state index contributed by atoms with van der Waals surface area (Å²) < 4.78 is 6.71. The highest BCUT2D eigenvalue weighted by Crippen LogP contribution is 2.15. The Morgan fingerprint density at radius 1 is 1.77 bits per heavy atom. The summed E-state index contributed by atoms with van der Waals surface area (Å²) in [6.45, 7) is 6.13. The van der Waals surface area contributed by atoms with Gasteiger partial charge in [0.2, 0.25) is 0 Å². The van der Waals surface area contributed by atoms with E-state index in [9.17, 15) is 4.79 Å². The van der Waals surface area contributed by atoms with Gasteiger partial charge in [-0.3, -0.25) is 4.79 Å². The molecule has 0 aliphatic heterocycles. The van der Waals surface area contributed by atoms with E-state index < -0.39 is 0 Å². The minimum absolute atomic E-state index is 0.640. The number of halogens is 1. The molecule has 0 N–H and O–H groups in total. The van der Waals surface area contributed by atoms with Crippen molar-refractivity contribution >= 4 is 41.5 Å². The van der Waals surface area contributed by atoms with E-state index in [0.717, 1.165) is 11.9 Å². The van der Waals surface area contributed by atoms with E-state index >= 15 is 0 Å². The van der Waals surface area contributed by atoms with Crippen LogP contribution in [0.5, 0.6) is 0 Å². The lowest BCUT2D eigenvalue weighted by atomic mass is 10.1. The number of nitrogens with zero attached hydrogens (tertiary/aromatic N) is 1. The number of hydrogen-bond donors (Lipinski definition) is 0. The number of hydrogen-bond acceptors (Lipinski definition) is 4. The molecule has 0 amide bonds. The summed E-state index contributed by atoms with van der Waals surface area (Å²) in [4.78, 5) is 10.5. The monoisotopic (exact) mass is 313 g/mol. The first-order valence-electron chi connectivity index (χ1n) is 3.59. The summed E-state index contributed by atoms with van der Waals surface area (Å²) in [6.07, 6.45) is 2.37. The fraction of sp³-hybridized carbons (Fsp3) is 0.375. The molecule has 0 saturated carbocycles. The van der Waals surface area contributed by atoms with Crippen LogP contribution in [0, 0.1) is 0 Å². The molecular weight excluding hydrogens is 301 g/mol. The Kier molecular flexibility index (Phi) is 7.63. The molecule has 0 aromatic carbocycles. The third kappa shape index (κ3) is 5.45. The van der Waals surface area contributed by atoms with Crippen molar-refractivity contribution in [2.24, 2.45) is 0 Å². The van der Waals surface area contributed by atoms with E-state index in [-0.39, 0.29) is 0 Å². The number of carbonyl (C=O) groups excluding carboxylic acids is 1. The molecule has 0 aromatic heterocycles. The maximum atomic E-state index is 10.5. The molecule has 3 nitrogen and oxygen atoms in total. The highest BCUT2D eigenvalue weighted by Gasteiger charge is 2.03. The molecule has 0 aliphatic carbocycles. The van der Waals surface area contributed by atoms with Gasteiger partial charge < -0.3 is 0 Å². The van der Waals surface area contributed by atoms with E-state index in [4.69, 9.17) is 2.51 Å². The van der Waals surface area contributed by atoms with Gasteiger partial charge in [-0.25, -0.2) is 6.82 Å². The van der Waals surface area contributed by atoms with Gasteiger partial charge in [-0.05, 0) is 19.5 Å². The van der Waals surface area contributed by atoms with Gasteiger partial charge in [-0.15, -0.1) is 0 Å². The van der Waals surface area contributed by atoms with Gasteiger partial charge in [0.05, 0.1) is 12.2 Å². The van der Waals surface area contributed by atoms with E-state index in [1.54, 1.807) is 29.1 Å². The van der Waals surface area contributed by atoms with Gasteiger partial charge in [0.25, 0.3) is 0 Å². The van der Waals surface area contributed by atoms with Crippen LogP contribution in [-0.4, -0.2) is 24.2 Å². The lowest BCUT2D eigenvalue weighted by molar-refractivity contribution is -0.104. The standard InChI is InChI=1S/C8H12INO2S/c1-4-8(6-11)7(2)5-10(3)13-12-9/h4,6H,1,5H2,2-3H3/b8-7-. The van der Waals surface area contributed by atoms with Crippen molar-refractivity contribution in [1.29, 1.82) is 0 Å². The van der Waals surface area contributed by atoms with Crippen LogP contribution in [0.2, 0.25) is 0 Å². The van der Waals surface area contributed by atoms with Crippen LogP contribution in [0.4, 0.5) is 0 Å². The number of allylic oxidation sites excluding steroid dienone is 2. The summed E-state index contributed by atoms with van der Waals surface area (Å²) in [7, 11) is 1.89. The molecule has 0 aliphatic rings. The van der Waals surface area contributed by atoms with Gasteiger partial charge >= 0.3 is 0 Å². The number of likely N-dealkylation sites (N-methyl/N-ethyl adjacent to an activating group) is 1. The fourth-order valence-corrected chi connectivity index (χ4v) is 1.99. The zero-order valence-corrected chi connectivity index (χ0v) is 10.6. The molecule has 0 saturated heterocycles. The van der Waals surface area contributed by atoms with Crippen LogP contribution in [0.25, 0.3) is 0 Å². The Hall–Kier alpha value is 0.150. The molecular formula is C8H12INO2S. The van der Waals surface area contributed by atoms with Gasteiger partial charge in [-0.2, -0.15) is 0 Å². The van der Waals surface area contributed by atoms with Crippen LogP contribution in [0.15, 0.2) is 23.8 Å². The van der Waals surface area contributed by atoms with Crippen LogP contribution >= 0.6 is 35.2 Å². The van der Waals surface area contributed by atoms with Crippen molar-refractivity contribution in [3.63, 3.8) is 0 Å². The van der Waals surface area contributed by atoms with Gasteiger partial charge in [0, 0.05) is 12.1 Å². The Labute approximate surface area is 97.2 Å². The molecule has 74 valence electrons. The Morgan fingerprint density at radius 3 is 2.77 bits per heavy atom. The first-order valence-corrected chi connectivity index (χ1v) is 5.17. The average molecular weight is 313 g/mol. The van der Waals surface area contributed by atoms with Crippen molar-refractivity contribution in [2.45, 2.75) is 6.92 Å². The van der Waals surface area contributed by atoms with Crippen LogP contribution in [-0.2, 0) is 7.31 Å². The van der Waals surface area contributed by atoms with Crippen molar-refractivity contribution in [2.75, 3.05) is 13.6 Å². The molecule has 13 heavy (non-hydrogen) atoms. The molecule has 0 unspecified atom stereocenters. The zero-order valence-electron chi connectivity index (χ0n) is 7.62.